The number of benzene rings is 1. The van der Waals surface area contributed by atoms with Crippen molar-refractivity contribution >= 4 is 29.2 Å². The van der Waals surface area contributed by atoms with Crippen molar-refractivity contribution in [3.8, 4) is 5.75 Å². The Labute approximate surface area is 157 Å². The number of carbonyl (C=O) groups excluding carboxylic acids is 2. The number of carbonyl (C=O) groups is 2. The lowest BCUT2D eigenvalue weighted by Gasteiger charge is -2.14. The van der Waals surface area contributed by atoms with E-state index in [9.17, 15) is 9.59 Å². The normalized spacial score (nSPS) is 11.8. The van der Waals surface area contributed by atoms with Crippen LogP contribution in [-0.4, -0.2) is 34.9 Å². The number of ether oxygens (including phenoxy) is 2. The Morgan fingerprint density at radius 1 is 1.35 bits per heavy atom. The van der Waals surface area contributed by atoms with Crippen molar-refractivity contribution in [3.63, 3.8) is 0 Å². The van der Waals surface area contributed by atoms with Gasteiger partial charge in [-0.15, -0.1) is 0 Å². The van der Waals surface area contributed by atoms with E-state index in [0.717, 1.165) is 5.69 Å². The Morgan fingerprint density at radius 3 is 2.62 bits per heavy atom. The van der Waals surface area contributed by atoms with Gasteiger partial charge in [-0.25, -0.2) is 0 Å². The molecule has 0 fully saturated rings. The van der Waals surface area contributed by atoms with E-state index in [4.69, 9.17) is 21.1 Å². The number of aryl methyl sites for hydroxylation is 2. The van der Waals surface area contributed by atoms with Crippen molar-refractivity contribution in [3.05, 3.63) is 40.2 Å². The zero-order chi connectivity index (χ0) is 19.4. The van der Waals surface area contributed by atoms with Crippen LogP contribution in [0.25, 0.3) is 0 Å². The molecule has 2 aromatic rings. The molecule has 140 valence electrons. The summed E-state index contributed by atoms with van der Waals surface area (Å²) in [5.74, 6) is -0.437. The van der Waals surface area contributed by atoms with E-state index in [1.54, 1.807) is 36.9 Å². The molecule has 2 rings (SSSR count). The van der Waals surface area contributed by atoms with Crippen molar-refractivity contribution in [2.75, 3.05) is 12.4 Å². The van der Waals surface area contributed by atoms with Gasteiger partial charge in [0.25, 0.3) is 5.91 Å². The van der Waals surface area contributed by atoms with Gasteiger partial charge in [0, 0.05) is 17.6 Å². The van der Waals surface area contributed by atoms with E-state index in [0.29, 0.717) is 27.7 Å². The van der Waals surface area contributed by atoms with Crippen LogP contribution in [0.1, 0.15) is 23.9 Å². The minimum Gasteiger partial charge on any atom is -0.496 e. The number of halogens is 1. The average molecular weight is 380 g/mol. The van der Waals surface area contributed by atoms with Gasteiger partial charge in [-0.2, -0.15) is 5.10 Å². The van der Waals surface area contributed by atoms with Gasteiger partial charge in [0.1, 0.15) is 5.75 Å². The van der Waals surface area contributed by atoms with Crippen LogP contribution in [0.4, 0.5) is 5.69 Å². The number of methoxy groups -OCH3 is 1. The van der Waals surface area contributed by atoms with Crippen LogP contribution >= 0.6 is 11.6 Å². The highest BCUT2D eigenvalue weighted by Crippen LogP contribution is 2.23. The molecular weight excluding hydrogens is 358 g/mol. The quantitative estimate of drug-likeness (QED) is 0.780. The van der Waals surface area contributed by atoms with Gasteiger partial charge >= 0.3 is 5.97 Å². The van der Waals surface area contributed by atoms with Gasteiger partial charge in [0.2, 0.25) is 0 Å². The standard InChI is InChI=1S/C18H22ClN3O4/c1-10-17(11(2)22(4)21-10)20-18(24)12(3)26-16(23)9-13-8-14(19)6-7-15(13)25-5/h6-8,12H,9H2,1-5H3,(H,20,24)/t12-/m1/s1. The third-order valence-corrected chi connectivity index (χ3v) is 4.25. The minimum absolute atomic E-state index is 0.0493. The number of hydrogen-bond acceptors (Lipinski definition) is 5. The van der Waals surface area contributed by atoms with Crippen LogP contribution in [-0.2, 0) is 27.8 Å². The van der Waals surface area contributed by atoms with E-state index < -0.39 is 18.0 Å². The summed E-state index contributed by atoms with van der Waals surface area (Å²) in [5, 5.41) is 7.48. The average Bonchev–Trinajstić information content (AvgIpc) is 2.81. The van der Waals surface area contributed by atoms with Gasteiger partial charge in [-0.05, 0) is 39.0 Å². The van der Waals surface area contributed by atoms with Gasteiger partial charge < -0.3 is 14.8 Å². The van der Waals surface area contributed by atoms with E-state index in [1.807, 2.05) is 6.92 Å². The molecule has 1 N–H and O–H groups in total. The molecular formula is C18H22ClN3O4. The SMILES string of the molecule is COc1ccc(Cl)cc1CC(=O)O[C@H](C)C(=O)Nc1c(C)nn(C)c1C. The summed E-state index contributed by atoms with van der Waals surface area (Å²) in [7, 11) is 3.30. The van der Waals surface area contributed by atoms with Crippen molar-refractivity contribution in [1.82, 2.24) is 9.78 Å². The number of nitrogens with one attached hydrogen (secondary N) is 1. The number of nitrogens with zero attached hydrogens (tertiary/aromatic N) is 2. The van der Waals surface area contributed by atoms with E-state index in [2.05, 4.69) is 10.4 Å². The first kappa shape index (κ1) is 19.8. The van der Waals surface area contributed by atoms with Crippen molar-refractivity contribution in [2.45, 2.75) is 33.3 Å². The van der Waals surface area contributed by atoms with E-state index in [-0.39, 0.29) is 6.42 Å². The van der Waals surface area contributed by atoms with E-state index >= 15 is 0 Å². The second-order valence-corrected chi connectivity index (χ2v) is 6.36. The van der Waals surface area contributed by atoms with Crippen LogP contribution in [0.2, 0.25) is 5.02 Å². The molecule has 1 atom stereocenters. The molecule has 1 heterocycles. The molecule has 0 saturated heterocycles. The molecule has 7 nitrogen and oxygen atoms in total. The monoisotopic (exact) mass is 379 g/mol. The number of esters is 1. The Balaban J connectivity index is 2.00. The predicted molar refractivity (Wildman–Crippen MR) is 98.6 cm³/mol. The topological polar surface area (TPSA) is 82.4 Å². The number of aromatic nitrogens is 2. The van der Waals surface area contributed by atoms with Crippen LogP contribution in [0.3, 0.4) is 0 Å². The lowest BCUT2D eigenvalue weighted by atomic mass is 10.1. The summed E-state index contributed by atoms with van der Waals surface area (Å²) in [6.45, 7) is 5.16. The number of hydrogen-bond donors (Lipinski definition) is 1. The highest BCUT2D eigenvalue weighted by atomic mass is 35.5. The summed E-state index contributed by atoms with van der Waals surface area (Å²) < 4.78 is 12.1. The molecule has 0 bridgehead atoms. The van der Waals surface area contributed by atoms with Gasteiger partial charge in [0.05, 0.1) is 30.6 Å². The minimum atomic E-state index is -0.952. The maximum Gasteiger partial charge on any atom is 0.311 e. The smallest absolute Gasteiger partial charge is 0.311 e. The van der Waals surface area contributed by atoms with Crippen molar-refractivity contribution in [2.24, 2.45) is 7.05 Å². The van der Waals surface area contributed by atoms with Gasteiger partial charge in [-0.1, -0.05) is 11.6 Å². The Bertz CT molecular complexity index is 832. The highest BCUT2D eigenvalue weighted by molar-refractivity contribution is 6.30. The molecule has 1 aromatic carbocycles. The summed E-state index contributed by atoms with van der Waals surface area (Å²) >= 11 is 5.96. The van der Waals surface area contributed by atoms with Gasteiger partial charge in [-0.3, -0.25) is 14.3 Å². The first-order valence-electron chi connectivity index (χ1n) is 8.06. The summed E-state index contributed by atoms with van der Waals surface area (Å²) in [6, 6.07) is 4.98. The van der Waals surface area contributed by atoms with Crippen molar-refractivity contribution in [1.29, 1.82) is 0 Å². The van der Waals surface area contributed by atoms with Crippen LogP contribution in [0, 0.1) is 13.8 Å². The summed E-state index contributed by atoms with van der Waals surface area (Å²) in [6.07, 6.45) is -1.00. The molecule has 1 aromatic heterocycles. The highest BCUT2D eigenvalue weighted by Gasteiger charge is 2.21. The summed E-state index contributed by atoms with van der Waals surface area (Å²) in [5.41, 5.74) is 2.73. The molecule has 8 heteroatoms. The second-order valence-electron chi connectivity index (χ2n) is 5.92. The molecule has 1 amide bonds. The lowest BCUT2D eigenvalue weighted by molar-refractivity contribution is -0.152. The number of anilines is 1. The predicted octanol–water partition coefficient (Wildman–Crippen LogP) is 2.81. The van der Waals surface area contributed by atoms with Crippen LogP contribution < -0.4 is 10.1 Å². The third-order valence-electron chi connectivity index (χ3n) is 4.01. The van der Waals surface area contributed by atoms with E-state index in [1.165, 1.54) is 14.0 Å². The fourth-order valence-corrected chi connectivity index (χ4v) is 2.71. The summed E-state index contributed by atoms with van der Waals surface area (Å²) in [4.78, 5) is 24.5. The molecule has 0 aliphatic rings. The molecule has 0 spiro atoms. The second kappa shape index (κ2) is 8.23. The largest absolute Gasteiger partial charge is 0.496 e. The molecule has 0 unspecified atom stereocenters. The molecule has 26 heavy (non-hydrogen) atoms. The zero-order valence-corrected chi connectivity index (χ0v) is 16.2. The van der Waals surface area contributed by atoms with Gasteiger partial charge in [0.15, 0.2) is 6.10 Å². The number of rotatable bonds is 6. The third kappa shape index (κ3) is 4.54. The fraction of sp³-hybridized carbons (Fsp3) is 0.389. The maximum absolute atomic E-state index is 12.3. The Hall–Kier alpha value is -2.54. The molecule has 0 aliphatic heterocycles. The first-order valence-corrected chi connectivity index (χ1v) is 8.43. The Kier molecular flexibility index (Phi) is 6.26. The first-order chi connectivity index (χ1) is 12.2. The fourth-order valence-electron chi connectivity index (χ4n) is 2.51. The lowest BCUT2D eigenvalue weighted by Crippen LogP contribution is -2.30. The van der Waals surface area contributed by atoms with Crippen LogP contribution in [0.5, 0.6) is 5.75 Å². The molecule has 0 aliphatic carbocycles. The zero-order valence-electron chi connectivity index (χ0n) is 15.4. The molecule has 0 radical (unpaired) electrons. The van der Waals surface area contributed by atoms with Crippen LogP contribution in [0.15, 0.2) is 18.2 Å². The number of amides is 1. The maximum atomic E-state index is 12.3. The molecule has 0 saturated carbocycles. The van der Waals surface area contributed by atoms with Crippen molar-refractivity contribution < 1.29 is 19.1 Å². The Morgan fingerprint density at radius 2 is 2.04 bits per heavy atom.